The zero-order valence-electron chi connectivity index (χ0n) is 13.9. The largest absolute Gasteiger partial charge is 0.416 e. The molecule has 0 saturated heterocycles. The summed E-state index contributed by atoms with van der Waals surface area (Å²) in [6.45, 7) is 4.94. The minimum Gasteiger partial charge on any atom is -0.352 e. The first kappa shape index (κ1) is 20.3. The van der Waals surface area contributed by atoms with E-state index in [2.05, 4.69) is 5.32 Å². The molecule has 1 aromatic rings. The number of carbonyl (C=O) groups is 1. The van der Waals surface area contributed by atoms with Crippen LogP contribution < -0.4 is 9.62 Å². The molecule has 0 spiro atoms. The highest BCUT2D eigenvalue weighted by atomic mass is 32.2. The third-order valence-electron chi connectivity index (χ3n) is 3.54. The van der Waals surface area contributed by atoms with Crippen LogP contribution in [0.15, 0.2) is 24.3 Å². The Kier molecular flexibility index (Phi) is 6.26. The number of rotatable bonds is 6. The fourth-order valence-electron chi connectivity index (χ4n) is 1.83. The second-order valence-corrected chi connectivity index (χ2v) is 7.82. The Hall–Kier alpha value is -1.77. The Balaban J connectivity index is 3.10. The topological polar surface area (TPSA) is 66.5 Å². The van der Waals surface area contributed by atoms with Gasteiger partial charge in [0.1, 0.15) is 6.54 Å². The minimum absolute atomic E-state index is 0.134. The van der Waals surface area contributed by atoms with Crippen molar-refractivity contribution in [3.05, 3.63) is 29.8 Å². The molecule has 0 radical (unpaired) electrons. The first-order valence-corrected chi connectivity index (χ1v) is 9.11. The van der Waals surface area contributed by atoms with Crippen molar-refractivity contribution in [3.63, 3.8) is 0 Å². The van der Waals surface area contributed by atoms with Gasteiger partial charge in [0.05, 0.1) is 17.5 Å². The van der Waals surface area contributed by atoms with E-state index in [1.807, 2.05) is 13.8 Å². The van der Waals surface area contributed by atoms with E-state index in [0.29, 0.717) is 10.4 Å². The Bertz CT molecular complexity index is 687. The van der Waals surface area contributed by atoms with Crippen LogP contribution in [-0.4, -0.2) is 33.2 Å². The summed E-state index contributed by atoms with van der Waals surface area (Å²) in [6.07, 6.45) is -3.76. The molecule has 0 fully saturated rings. The lowest BCUT2D eigenvalue weighted by molar-refractivity contribution is -0.137. The van der Waals surface area contributed by atoms with Gasteiger partial charge in [-0.1, -0.05) is 19.9 Å². The fraction of sp³-hybridized carbons (Fsp3) is 0.533. The zero-order valence-corrected chi connectivity index (χ0v) is 14.7. The molecule has 1 atom stereocenters. The number of halogens is 3. The number of anilines is 1. The van der Waals surface area contributed by atoms with Gasteiger partial charge in [0.25, 0.3) is 0 Å². The molecule has 0 heterocycles. The standard InChI is InChI=1S/C15H21F3N2O3S/c1-10(2)11(3)19-14(21)9-20(24(4,22)23)13-7-5-6-12(8-13)15(16,17)18/h5-8,10-11H,9H2,1-4H3,(H,19,21)/t11-/m1/s1. The summed E-state index contributed by atoms with van der Waals surface area (Å²) in [7, 11) is -3.93. The number of carbonyl (C=O) groups excluding carboxylic acids is 1. The second-order valence-electron chi connectivity index (χ2n) is 5.92. The smallest absolute Gasteiger partial charge is 0.352 e. The molecule has 0 aliphatic rings. The summed E-state index contributed by atoms with van der Waals surface area (Å²) in [5.74, 6) is -0.451. The van der Waals surface area contributed by atoms with Crippen LogP contribution in [0.25, 0.3) is 0 Å². The van der Waals surface area contributed by atoms with E-state index in [1.165, 1.54) is 6.07 Å². The molecule has 0 aliphatic carbocycles. The van der Waals surface area contributed by atoms with Gasteiger partial charge in [-0.25, -0.2) is 8.42 Å². The first-order chi connectivity index (χ1) is 10.8. The van der Waals surface area contributed by atoms with E-state index in [0.717, 1.165) is 18.4 Å². The first-order valence-electron chi connectivity index (χ1n) is 7.26. The number of nitrogens with zero attached hydrogens (tertiary/aromatic N) is 1. The Morgan fingerprint density at radius 2 is 1.83 bits per heavy atom. The van der Waals surface area contributed by atoms with Crippen molar-refractivity contribution in [3.8, 4) is 0 Å². The Morgan fingerprint density at radius 3 is 2.29 bits per heavy atom. The van der Waals surface area contributed by atoms with Crippen LogP contribution in [0.2, 0.25) is 0 Å². The summed E-state index contributed by atoms with van der Waals surface area (Å²) in [6, 6.07) is 3.67. The maximum atomic E-state index is 12.8. The summed E-state index contributed by atoms with van der Waals surface area (Å²) in [5, 5.41) is 2.63. The molecule has 136 valence electrons. The van der Waals surface area contributed by atoms with Gasteiger partial charge in [-0.15, -0.1) is 0 Å². The van der Waals surface area contributed by atoms with Crippen LogP contribution in [0.5, 0.6) is 0 Å². The third kappa shape index (κ3) is 5.70. The maximum Gasteiger partial charge on any atom is 0.416 e. The van der Waals surface area contributed by atoms with E-state index in [4.69, 9.17) is 0 Å². The molecular weight excluding hydrogens is 345 g/mol. The lowest BCUT2D eigenvalue weighted by Crippen LogP contribution is -2.44. The Labute approximate surface area is 139 Å². The molecule has 0 aromatic heterocycles. The zero-order chi connectivity index (χ0) is 18.7. The molecule has 1 rings (SSSR count). The van der Waals surface area contributed by atoms with E-state index >= 15 is 0 Å². The molecule has 0 bridgehead atoms. The third-order valence-corrected chi connectivity index (χ3v) is 4.68. The lowest BCUT2D eigenvalue weighted by Gasteiger charge is -2.24. The van der Waals surface area contributed by atoms with Crippen LogP contribution in [0, 0.1) is 5.92 Å². The number of benzene rings is 1. The molecule has 1 N–H and O–H groups in total. The molecular formula is C15H21F3N2O3S. The van der Waals surface area contributed by atoms with Crippen molar-refractivity contribution >= 4 is 21.6 Å². The van der Waals surface area contributed by atoms with Gasteiger partial charge in [0.15, 0.2) is 0 Å². The highest BCUT2D eigenvalue weighted by molar-refractivity contribution is 7.92. The fourth-order valence-corrected chi connectivity index (χ4v) is 2.68. The monoisotopic (exact) mass is 366 g/mol. The van der Waals surface area contributed by atoms with Crippen molar-refractivity contribution in [1.82, 2.24) is 5.32 Å². The van der Waals surface area contributed by atoms with Crippen molar-refractivity contribution in [1.29, 1.82) is 0 Å². The molecule has 1 aromatic carbocycles. The SMILES string of the molecule is CC(C)[C@@H](C)NC(=O)CN(c1cccc(C(F)(F)F)c1)S(C)(=O)=O. The maximum absolute atomic E-state index is 12.8. The average Bonchev–Trinajstić information content (AvgIpc) is 2.42. The number of alkyl halides is 3. The molecule has 5 nitrogen and oxygen atoms in total. The number of hydrogen-bond donors (Lipinski definition) is 1. The molecule has 0 unspecified atom stereocenters. The van der Waals surface area contributed by atoms with Crippen molar-refractivity contribution in [2.24, 2.45) is 5.92 Å². The highest BCUT2D eigenvalue weighted by Gasteiger charge is 2.32. The predicted molar refractivity (Wildman–Crippen MR) is 86.1 cm³/mol. The van der Waals surface area contributed by atoms with E-state index in [-0.39, 0.29) is 17.6 Å². The number of amides is 1. The van der Waals surface area contributed by atoms with Gasteiger partial charge in [0.2, 0.25) is 15.9 Å². The van der Waals surface area contributed by atoms with Gasteiger partial charge < -0.3 is 5.32 Å². The van der Waals surface area contributed by atoms with Gasteiger partial charge in [0, 0.05) is 6.04 Å². The van der Waals surface area contributed by atoms with E-state index < -0.39 is 34.2 Å². The van der Waals surface area contributed by atoms with Crippen LogP contribution in [0.1, 0.15) is 26.3 Å². The molecule has 0 saturated carbocycles. The number of nitrogens with one attached hydrogen (secondary N) is 1. The summed E-state index contributed by atoms with van der Waals surface area (Å²) < 4.78 is 62.9. The average molecular weight is 366 g/mol. The molecule has 24 heavy (non-hydrogen) atoms. The van der Waals surface area contributed by atoms with Gasteiger partial charge in [-0.2, -0.15) is 13.2 Å². The summed E-state index contributed by atoms with van der Waals surface area (Å²) >= 11 is 0. The Morgan fingerprint density at radius 1 is 1.25 bits per heavy atom. The molecule has 1 amide bonds. The lowest BCUT2D eigenvalue weighted by atomic mass is 10.1. The highest BCUT2D eigenvalue weighted by Crippen LogP contribution is 2.32. The van der Waals surface area contributed by atoms with Crippen LogP contribution in [0.3, 0.4) is 0 Å². The van der Waals surface area contributed by atoms with Crippen LogP contribution >= 0.6 is 0 Å². The summed E-state index contributed by atoms with van der Waals surface area (Å²) in [5.41, 5.74) is -1.19. The minimum atomic E-state index is -4.60. The van der Waals surface area contributed by atoms with Gasteiger partial charge in [-0.3, -0.25) is 9.10 Å². The molecule has 0 aliphatic heterocycles. The number of sulfonamides is 1. The number of hydrogen-bond acceptors (Lipinski definition) is 3. The quantitative estimate of drug-likeness (QED) is 0.842. The second kappa shape index (κ2) is 7.42. The van der Waals surface area contributed by atoms with Crippen molar-refractivity contribution in [2.45, 2.75) is 33.0 Å². The predicted octanol–water partition coefficient (Wildman–Crippen LogP) is 2.63. The summed E-state index contributed by atoms with van der Waals surface area (Å²) in [4.78, 5) is 12.0. The van der Waals surface area contributed by atoms with Crippen molar-refractivity contribution < 1.29 is 26.4 Å². The molecule has 9 heteroatoms. The normalized spacial score (nSPS) is 13.7. The van der Waals surface area contributed by atoms with Crippen LogP contribution in [0.4, 0.5) is 18.9 Å². The van der Waals surface area contributed by atoms with Crippen molar-refractivity contribution in [2.75, 3.05) is 17.1 Å². The van der Waals surface area contributed by atoms with E-state index in [1.54, 1.807) is 6.92 Å². The van der Waals surface area contributed by atoms with E-state index in [9.17, 15) is 26.4 Å². The van der Waals surface area contributed by atoms with Gasteiger partial charge in [-0.05, 0) is 31.0 Å². The van der Waals surface area contributed by atoms with Crippen LogP contribution in [-0.2, 0) is 21.0 Å². The van der Waals surface area contributed by atoms with Gasteiger partial charge >= 0.3 is 6.18 Å².